The molecule has 4 amide bonds. The van der Waals surface area contributed by atoms with Crippen molar-refractivity contribution in [2.24, 2.45) is 0 Å². The van der Waals surface area contributed by atoms with E-state index in [0.29, 0.717) is 24.3 Å². The Morgan fingerprint density at radius 2 is 1.96 bits per heavy atom. The molecule has 0 atom stereocenters. The van der Waals surface area contributed by atoms with Crippen LogP contribution in [0.25, 0.3) is 0 Å². The number of hydrogen-bond acceptors (Lipinski definition) is 5. The molecule has 0 radical (unpaired) electrons. The summed E-state index contributed by atoms with van der Waals surface area (Å²) in [5.74, 6) is -0.253. The Labute approximate surface area is 145 Å². The number of ether oxygens (including phenoxy) is 1. The lowest BCUT2D eigenvalue weighted by atomic mass is 9.82. The van der Waals surface area contributed by atoms with Gasteiger partial charge in [0.15, 0.2) is 0 Å². The van der Waals surface area contributed by atoms with Gasteiger partial charge in [-0.2, -0.15) is 5.01 Å². The zero-order valence-electron chi connectivity index (χ0n) is 14.1. The number of nitrogens with one attached hydrogen (secondary N) is 3. The summed E-state index contributed by atoms with van der Waals surface area (Å²) in [7, 11) is 1.54. The molecule has 0 aromatic heterocycles. The van der Waals surface area contributed by atoms with Gasteiger partial charge in [-0.05, 0) is 25.0 Å². The lowest BCUT2D eigenvalue weighted by molar-refractivity contribution is -0.139. The molecule has 25 heavy (non-hydrogen) atoms. The first-order chi connectivity index (χ1) is 12.1. The van der Waals surface area contributed by atoms with Crippen LogP contribution in [0.3, 0.4) is 0 Å². The minimum Gasteiger partial charge on any atom is -0.495 e. The average molecular weight is 346 g/mol. The molecule has 2 fully saturated rings. The molecule has 1 saturated heterocycles. The van der Waals surface area contributed by atoms with Gasteiger partial charge in [-0.15, -0.1) is 0 Å². The number of amides is 4. The highest BCUT2D eigenvalue weighted by Gasteiger charge is 2.52. The molecule has 1 saturated carbocycles. The third kappa shape index (κ3) is 3.38. The van der Waals surface area contributed by atoms with E-state index in [9.17, 15) is 14.4 Å². The summed E-state index contributed by atoms with van der Waals surface area (Å²) in [6.45, 7) is -0.0928. The predicted octanol–water partition coefficient (Wildman–Crippen LogP) is 1.39. The Morgan fingerprint density at radius 3 is 2.68 bits per heavy atom. The van der Waals surface area contributed by atoms with Crippen molar-refractivity contribution in [1.82, 2.24) is 15.8 Å². The molecule has 3 rings (SSSR count). The number of anilines is 1. The van der Waals surface area contributed by atoms with Crippen molar-refractivity contribution in [3.05, 3.63) is 24.3 Å². The summed E-state index contributed by atoms with van der Waals surface area (Å²) < 4.78 is 5.20. The number of imide groups is 1. The summed E-state index contributed by atoms with van der Waals surface area (Å²) in [6, 6.07) is 6.60. The average Bonchev–Trinajstić information content (AvgIpc) is 2.85. The topological polar surface area (TPSA) is 99.8 Å². The van der Waals surface area contributed by atoms with Crippen molar-refractivity contribution >= 4 is 23.5 Å². The number of para-hydroxylation sites is 2. The van der Waals surface area contributed by atoms with E-state index in [-0.39, 0.29) is 12.5 Å². The summed E-state index contributed by atoms with van der Waals surface area (Å²) in [4.78, 5) is 36.8. The van der Waals surface area contributed by atoms with Crippen molar-refractivity contribution in [3.63, 3.8) is 0 Å². The van der Waals surface area contributed by atoms with Gasteiger partial charge < -0.3 is 15.4 Å². The standard InChI is InChI=1S/C17H22N4O4/c1-25-13-8-4-3-7-12(13)18-11-14(22)20-21-15(23)17(19-16(21)24)9-5-2-6-10-17/h3-4,7-8,18H,2,5-6,9-11H2,1H3,(H,19,24)(H,20,22). The van der Waals surface area contributed by atoms with E-state index in [2.05, 4.69) is 16.1 Å². The first kappa shape index (κ1) is 17.1. The number of hydrogen-bond donors (Lipinski definition) is 3. The number of rotatable bonds is 5. The highest BCUT2D eigenvalue weighted by atomic mass is 16.5. The number of benzene rings is 1. The zero-order chi connectivity index (χ0) is 17.9. The molecule has 1 aliphatic carbocycles. The Balaban J connectivity index is 1.59. The number of urea groups is 1. The monoisotopic (exact) mass is 346 g/mol. The van der Waals surface area contributed by atoms with Crippen LogP contribution in [0.1, 0.15) is 32.1 Å². The number of nitrogens with zero attached hydrogens (tertiary/aromatic N) is 1. The lowest BCUT2D eigenvalue weighted by Crippen LogP contribution is -2.51. The van der Waals surface area contributed by atoms with Crippen LogP contribution in [-0.4, -0.2) is 42.0 Å². The van der Waals surface area contributed by atoms with Gasteiger partial charge in [-0.25, -0.2) is 4.79 Å². The fraction of sp³-hybridized carbons (Fsp3) is 0.471. The van der Waals surface area contributed by atoms with Gasteiger partial charge in [0, 0.05) is 0 Å². The molecule has 0 unspecified atom stereocenters. The molecule has 1 aromatic rings. The van der Waals surface area contributed by atoms with Crippen molar-refractivity contribution in [1.29, 1.82) is 0 Å². The second-order valence-corrected chi connectivity index (χ2v) is 6.30. The Bertz CT molecular complexity index is 685. The zero-order valence-corrected chi connectivity index (χ0v) is 14.1. The maximum absolute atomic E-state index is 12.6. The molecule has 1 aliphatic heterocycles. The largest absolute Gasteiger partial charge is 0.495 e. The van der Waals surface area contributed by atoms with E-state index >= 15 is 0 Å². The molecule has 1 heterocycles. The minimum absolute atomic E-state index is 0.0928. The molecule has 0 bridgehead atoms. The first-order valence-corrected chi connectivity index (χ1v) is 8.39. The van der Waals surface area contributed by atoms with E-state index in [0.717, 1.165) is 24.3 Å². The Hall–Kier alpha value is -2.77. The quantitative estimate of drug-likeness (QED) is 0.700. The van der Waals surface area contributed by atoms with Crippen LogP contribution in [0.15, 0.2) is 24.3 Å². The van der Waals surface area contributed by atoms with Crippen LogP contribution >= 0.6 is 0 Å². The van der Waals surface area contributed by atoms with Crippen LogP contribution in [0.5, 0.6) is 5.75 Å². The number of hydrazine groups is 1. The maximum atomic E-state index is 12.6. The highest BCUT2D eigenvalue weighted by molar-refractivity contribution is 6.08. The Morgan fingerprint density at radius 1 is 1.24 bits per heavy atom. The molecule has 1 spiro atoms. The molecule has 134 valence electrons. The second kappa shape index (κ2) is 7.00. The van der Waals surface area contributed by atoms with Gasteiger partial charge in [0.05, 0.1) is 19.3 Å². The molecular formula is C17H22N4O4. The van der Waals surface area contributed by atoms with Crippen LogP contribution < -0.4 is 20.8 Å². The summed E-state index contributed by atoms with van der Waals surface area (Å²) in [5, 5.41) is 6.48. The van der Waals surface area contributed by atoms with E-state index in [1.165, 1.54) is 7.11 Å². The van der Waals surface area contributed by atoms with E-state index in [1.54, 1.807) is 12.1 Å². The van der Waals surface area contributed by atoms with E-state index in [1.807, 2.05) is 12.1 Å². The number of carbonyl (C=O) groups is 3. The molecule has 8 heteroatoms. The fourth-order valence-electron chi connectivity index (χ4n) is 3.35. The van der Waals surface area contributed by atoms with Crippen molar-refractivity contribution in [2.45, 2.75) is 37.6 Å². The van der Waals surface area contributed by atoms with Gasteiger partial charge in [0.2, 0.25) is 0 Å². The normalized spacial score (nSPS) is 18.8. The fourth-order valence-corrected chi connectivity index (χ4v) is 3.35. The van der Waals surface area contributed by atoms with Crippen LogP contribution in [0.4, 0.5) is 10.5 Å². The number of methoxy groups -OCH3 is 1. The molecule has 3 N–H and O–H groups in total. The minimum atomic E-state index is -0.849. The summed E-state index contributed by atoms with van der Waals surface area (Å²) in [5.41, 5.74) is 2.19. The van der Waals surface area contributed by atoms with Gasteiger partial charge in [0.25, 0.3) is 11.8 Å². The van der Waals surface area contributed by atoms with E-state index < -0.39 is 17.5 Å². The lowest BCUT2D eigenvalue weighted by Gasteiger charge is -2.30. The van der Waals surface area contributed by atoms with Gasteiger partial charge in [0.1, 0.15) is 11.3 Å². The smallest absolute Gasteiger partial charge is 0.344 e. The highest BCUT2D eigenvalue weighted by Crippen LogP contribution is 2.33. The van der Waals surface area contributed by atoms with Crippen molar-refractivity contribution in [2.75, 3.05) is 19.0 Å². The van der Waals surface area contributed by atoms with Crippen LogP contribution in [-0.2, 0) is 9.59 Å². The summed E-state index contributed by atoms with van der Waals surface area (Å²) in [6.07, 6.45) is 4.07. The van der Waals surface area contributed by atoms with Crippen molar-refractivity contribution in [3.8, 4) is 5.75 Å². The van der Waals surface area contributed by atoms with Gasteiger partial charge in [-0.1, -0.05) is 31.4 Å². The Kier molecular flexibility index (Phi) is 4.78. The molecule has 2 aliphatic rings. The maximum Gasteiger partial charge on any atom is 0.344 e. The predicted molar refractivity (Wildman–Crippen MR) is 90.8 cm³/mol. The van der Waals surface area contributed by atoms with Crippen LogP contribution in [0, 0.1) is 0 Å². The third-order valence-electron chi connectivity index (χ3n) is 4.65. The van der Waals surface area contributed by atoms with E-state index in [4.69, 9.17) is 4.74 Å². The van der Waals surface area contributed by atoms with Gasteiger partial charge >= 0.3 is 6.03 Å². The molecular weight excluding hydrogens is 324 g/mol. The second-order valence-electron chi connectivity index (χ2n) is 6.30. The SMILES string of the molecule is COc1ccccc1NCC(=O)NN1C(=O)NC2(CCCCC2)C1=O. The van der Waals surface area contributed by atoms with Gasteiger partial charge in [-0.3, -0.25) is 15.0 Å². The molecule has 8 nitrogen and oxygen atoms in total. The molecule has 1 aromatic carbocycles. The van der Waals surface area contributed by atoms with Crippen molar-refractivity contribution < 1.29 is 19.1 Å². The third-order valence-corrected chi connectivity index (χ3v) is 4.65. The first-order valence-electron chi connectivity index (χ1n) is 8.39. The summed E-state index contributed by atoms with van der Waals surface area (Å²) >= 11 is 0. The number of carbonyl (C=O) groups excluding carboxylic acids is 3. The van der Waals surface area contributed by atoms with Crippen LogP contribution in [0.2, 0.25) is 0 Å².